The maximum Gasteiger partial charge on any atom is 0.342 e. The average Bonchev–Trinajstić information content (AvgIpc) is 2.62. The van der Waals surface area contributed by atoms with Crippen molar-refractivity contribution in [3.05, 3.63) is 59.7 Å². The standard InChI is InChI=1S/C20H21NO5/c1-4-25-18-8-6-5-7-17(18)20(24)26-14(3)19(23)21-16-11-9-15(10-12-16)13(2)22/h5-12,14H,4H2,1-3H3,(H,21,23)/t14-/m1/s1. The lowest BCUT2D eigenvalue weighted by Gasteiger charge is -2.15. The number of benzene rings is 2. The molecular weight excluding hydrogens is 334 g/mol. The van der Waals surface area contributed by atoms with E-state index in [1.165, 1.54) is 13.8 Å². The second-order valence-corrected chi connectivity index (χ2v) is 5.60. The Morgan fingerprint density at radius 3 is 2.31 bits per heavy atom. The Bertz CT molecular complexity index is 798. The molecule has 2 aromatic rings. The summed E-state index contributed by atoms with van der Waals surface area (Å²) in [6.07, 6.45) is -0.996. The van der Waals surface area contributed by atoms with Gasteiger partial charge >= 0.3 is 5.97 Å². The zero-order chi connectivity index (χ0) is 19.1. The third-order valence-electron chi connectivity index (χ3n) is 3.62. The molecule has 0 bridgehead atoms. The normalized spacial score (nSPS) is 11.3. The van der Waals surface area contributed by atoms with Crippen LogP contribution in [0.2, 0.25) is 0 Å². The van der Waals surface area contributed by atoms with E-state index in [1.807, 2.05) is 6.92 Å². The molecule has 6 nitrogen and oxygen atoms in total. The van der Waals surface area contributed by atoms with Gasteiger partial charge in [0.25, 0.3) is 5.91 Å². The van der Waals surface area contributed by atoms with Crippen molar-refractivity contribution >= 4 is 23.3 Å². The highest BCUT2D eigenvalue weighted by atomic mass is 16.5. The Morgan fingerprint density at radius 2 is 1.69 bits per heavy atom. The lowest BCUT2D eigenvalue weighted by molar-refractivity contribution is -0.123. The van der Waals surface area contributed by atoms with Gasteiger partial charge in [0.15, 0.2) is 11.9 Å². The smallest absolute Gasteiger partial charge is 0.342 e. The molecule has 0 spiro atoms. The van der Waals surface area contributed by atoms with Crippen molar-refractivity contribution in [2.45, 2.75) is 26.9 Å². The molecule has 0 fully saturated rings. The van der Waals surface area contributed by atoms with Gasteiger partial charge in [0.05, 0.1) is 6.61 Å². The molecule has 0 aliphatic heterocycles. The van der Waals surface area contributed by atoms with Crippen molar-refractivity contribution in [3.63, 3.8) is 0 Å². The lowest BCUT2D eigenvalue weighted by Crippen LogP contribution is -2.30. The van der Waals surface area contributed by atoms with E-state index in [0.717, 1.165) is 0 Å². The second-order valence-electron chi connectivity index (χ2n) is 5.60. The monoisotopic (exact) mass is 355 g/mol. The van der Waals surface area contributed by atoms with E-state index in [-0.39, 0.29) is 11.3 Å². The van der Waals surface area contributed by atoms with Gasteiger partial charge in [-0.05, 0) is 57.2 Å². The highest BCUT2D eigenvalue weighted by Crippen LogP contribution is 2.20. The van der Waals surface area contributed by atoms with Gasteiger partial charge in [-0.15, -0.1) is 0 Å². The molecule has 2 rings (SSSR count). The third-order valence-corrected chi connectivity index (χ3v) is 3.62. The van der Waals surface area contributed by atoms with Crippen LogP contribution in [0.3, 0.4) is 0 Å². The molecule has 0 saturated heterocycles. The van der Waals surface area contributed by atoms with E-state index in [2.05, 4.69) is 5.32 Å². The van der Waals surface area contributed by atoms with Gasteiger partial charge in [-0.3, -0.25) is 9.59 Å². The van der Waals surface area contributed by atoms with Crippen LogP contribution in [-0.4, -0.2) is 30.4 Å². The van der Waals surface area contributed by atoms with Crippen molar-refractivity contribution in [1.82, 2.24) is 0 Å². The Hall–Kier alpha value is -3.15. The minimum absolute atomic E-state index is 0.0573. The second kappa shape index (κ2) is 8.80. The van der Waals surface area contributed by atoms with Crippen LogP contribution in [0.1, 0.15) is 41.5 Å². The number of carbonyl (C=O) groups is 3. The predicted molar refractivity (Wildman–Crippen MR) is 97.6 cm³/mol. The number of esters is 1. The SMILES string of the molecule is CCOc1ccccc1C(=O)O[C@H](C)C(=O)Nc1ccc(C(C)=O)cc1. The quantitative estimate of drug-likeness (QED) is 0.607. The number of rotatable bonds is 7. The summed E-state index contributed by atoms with van der Waals surface area (Å²) in [6.45, 7) is 5.18. The summed E-state index contributed by atoms with van der Waals surface area (Å²) >= 11 is 0. The lowest BCUT2D eigenvalue weighted by atomic mass is 10.1. The summed E-state index contributed by atoms with van der Waals surface area (Å²) in [5.74, 6) is -0.753. The number of para-hydroxylation sites is 1. The molecule has 0 aliphatic carbocycles. The van der Waals surface area contributed by atoms with Crippen LogP contribution in [0.5, 0.6) is 5.75 Å². The van der Waals surface area contributed by atoms with E-state index in [9.17, 15) is 14.4 Å². The van der Waals surface area contributed by atoms with E-state index >= 15 is 0 Å². The summed E-state index contributed by atoms with van der Waals surface area (Å²) < 4.78 is 10.6. The van der Waals surface area contributed by atoms with Gasteiger partial charge in [0.1, 0.15) is 11.3 Å². The van der Waals surface area contributed by atoms with Crippen molar-refractivity contribution < 1.29 is 23.9 Å². The first-order valence-electron chi connectivity index (χ1n) is 8.27. The van der Waals surface area contributed by atoms with E-state index in [0.29, 0.717) is 23.6 Å². The Kier molecular flexibility index (Phi) is 6.49. The summed E-state index contributed by atoms with van der Waals surface area (Å²) in [5, 5.41) is 2.65. The number of carbonyl (C=O) groups excluding carboxylic acids is 3. The molecular formula is C20H21NO5. The molecule has 136 valence electrons. The fraction of sp³-hybridized carbons (Fsp3) is 0.250. The van der Waals surface area contributed by atoms with Gasteiger partial charge in [-0.25, -0.2) is 4.79 Å². The van der Waals surface area contributed by atoms with Crippen molar-refractivity contribution in [3.8, 4) is 5.75 Å². The Morgan fingerprint density at radius 1 is 1.04 bits per heavy atom. The highest BCUT2D eigenvalue weighted by molar-refractivity contribution is 5.99. The minimum Gasteiger partial charge on any atom is -0.493 e. The number of ketones is 1. The molecule has 0 saturated carbocycles. The van der Waals surface area contributed by atoms with E-state index in [4.69, 9.17) is 9.47 Å². The van der Waals surface area contributed by atoms with Crippen LogP contribution in [0.4, 0.5) is 5.69 Å². The van der Waals surface area contributed by atoms with Gasteiger partial charge in [0.2, 0.25) is 0 Å². The molecule has 0 unspecified atom stereocenters. The predicted octanol–water partition coefficient (Wildman–Crippen LogP) is 3.47. The minimum atomic E-state index is -0.996. The fourth-order valence-electron chi connectivity index (χ4n) is 2.23. The Labute approximate surface area is 152 Å². The summed E-state index contributed by atoms with van der Waals surface area (Å²) in [6, 6.07) is 13.2. The highest BCUT2D eigenvalue weighted by Gasteiger charge is 2.21. The van der Waals surface area contributed by atoms with Crippen LogP contribution in [0.25, 0.3) is 0 Å². The molecule has 1 N–H and O–H groups in total. The molecule has 2 aromatic carbocycles. The molecule has 0 aromatic heterocycles. The summed E-state index contributed by atoms with van der Waals surface area (Å²) in [7, 11) is 0. The van der Waals surface area contributed by atoms with Gasteiger partial charge in [-0.1, -0.05) is 12.1 Å². The van der Waals surface area contributed by atoms with Crippen LogP contribution >= 0.6 is 0 Å². The molecule has 0 heterocycles. The van der Waals surface area contributed by atoms with Crippen LogP contribution in [-0.2, 0) is 9.53 Å². The van der Waals surface area contributed by atoms with E-state index in [1.54, 1.807) is 48.5 Å². The Balaban J connectivity index is 2.00. The first-order valence-corrected chi connectivity index (χ1v) is 8.27. The number of hydrogen-bond donors (Lipinski definition) is 1. The molecule has 26 heavy (non-hydrogen) atoms. The zero-order valence-corrected chi connectivity index (χ0v) is 14.9. The van der Waals surface area contributed by atoms with Crippen molar-refractivity contribution in [2.75, 3.05) is 11.9 Å². The van der Waals surface area contributed by atoms with Crippen LogP contribution in [0.15, 0.2) is 48.5 Å². The largest absolute Gasteiger partial charge is 0.493 e. The van der Waals surface area contributed by atoms with Crippen LogP contribution in [0, 0.1) is 0 Å². The molecule has 0 aliphatic rings. The first kappa shape index (κ1) is 19.2. The summed E-state index contributed by atoms with van der Waals surface area (Å²) in [4.78, 5) is 35.8. The number of Topliss-reactive ketones (excluding diaryl/α,β-unsaturated/α-hetero) is 1. The number of nitrogens with one attached hydrogen (secondary N) is 1. The number of hydrogen-bond acceptors (Lipinski definition) is 5. The van der Waals surface area contributed by atoms with Crippen molar-refractivity contribution in [1.29, 1.82) is 0 Å². The average molecular weight is 355 g/mol. The van der Waals surface area contributed by atoms with Crippen molar-refractivity contribution in [2.24, 2.45) is 0 Å². The maximum atomic E-state index is 12.3. The molecule has 0 radical (unpaired) electrons. The van der Waals surface area contributed by atoms with E-state index < -0.39 is 18.0 Å². The number of ether oxygens (including phenoxy) is 2. The summed E-state index contributed by atoms with van der Waals surface area (Å²) in [5.41, 5.74) is 1.33. The number of amides is 1. The fourth-order valence-corrected chi connectivity index (χ4v) is 2.23. The molecule has 1 atom stereocenters. The molecule has 6 heteroatoms. The number of anilines is 1. The third kappa shape index (κ3) is 4.92. The van der Waals surface area contributed by atoms with Crippen LogP contribution < -0.4 is 10.1 Å². The first-order chi connectivity index (χ1) is 12.4. The maximum absolute atomic E-state index is 12.3. The van der Waals surface area contributed by atoms with Gasteiger partial charge < -0.3 is 14.8 Å². The van der Waals surface area contributed by atoms with Gasteiger partial charge in [-0.2, -0.15) is 0 Å². The molecule has 1 amide bonds. The zero-order valence-electron chi connectivity index (χ0n) is 14.9. The topological polar surface area (TPSA) is 81.7 Å². The van der Waals surface area contributed by atoms with Gasteiger partial charge in [0, 0.05) is 11.3 Å².